The van der Waals surface area contributed by atoms with Crippen LogP contribution in [0.15, 0.2) is 48.5 Å². The van der Waals surface area contributed by atoms with Crippen LogP contribution in [-0.4, -0.2) is 35.1 Å². The van der Waals surface area contributed by atoms with Gasteiger partial charge in [0, 0.05) is 25.2 Å². The molecule has 0 unspecified atom stereocenters. The van der Waals surface area contributed by atoms with Crippen molar-refractivity contribution in [2.24, 2.45) is 0 Å². The number of ether oxygens (including phenoxy) is 3. The van der Waals surface area contributed by atoms with Crippen molar-refractivity contribution >= 4 is 0 Å². The minimum atomic E-state index is 0.313. The molecule has 1 aromatic heterocycles. The largest absolute Gasteiger partial charge is 0.496 e. The summed E-state index contributed by atoms with van der Waals surface area (Å²) in [6.45, 7) is 3.92. The van der Waals surface area contributed by atoms with Gasteiger partial charge in [-0.2, -0.15) is 5.10 Å². The van der Waals surface area contributed by atoms with Crippen molar-refractivity contribution < 1.29 is 14.2 Å². The normalized spacial score (nSPS) is 15.6. The smallest absolute Gasteiger partial charge is 0.231 e. The van der Waals surface area contributed by atoms with E-state index in [9.17, 15) is 0 Å². The van der Waals surface area contributed by atoms with Crippen molar-refractivity contribution in [1.82, 2.24) is 14.7 Å². The van der Waals surface area contributed by atoms with Gasteiger partial charge in [0.2, 0.25) is 6.79 Å². The van der Waals surface area contributed by atoms with E-state index in [-0.39, 0.29) is 0 Å². The number of fused-ring (bicyclic) bond motifs is 2. The van der Waals surface area contributed by atoms with E-state index in [2.05, 4.69) is 33.8 Å². The molecule has 6 nitrogen and oxygen atoms in total. The number of aromatic nitrogens is 2. The maximum Gasteiger partial charge on any atom is 0.231 e. The van der Waals surface area contributed by atoms with E-state index in [1.54, 1.807) is 7.11 Å². The number of para-hydroxylation sites is 1. The zero-order chi connectivity index (χ0) is 18.2. The fourth-order valence-electron chi connectivity index (χ4n) is 3.74. The zero-order valence-corrected chi connectivity index (χ0v) is 15.2. The van der Waals surface area contributed by atoms with Crippen molar-refractivity contribution in [3.63, 3.8) is 0 Å². The summed E-state index contributed by atoms with van der Waals surface area (Å²) >= 11 is 0. The summed E-state index contributed by atoms with van der Waals surface area (Å²) in [5.41, 5.74) is 4.46. The summed E-state index contributed by atoms with van der Waals surface area (Å²) in [5.74, 6) is 2.52. The first kappa shape index (κ1) is 16.2. The maximum atomic E-state index is 5.49. The lowest BCUT2D eigenvalue weighted by atomic mass is 10.1. The third-order valence-electron chi connectivity index (χ3n) is 5.10. The number of rotatable bonds is 4. The van der Waals surface area contributed by atoms with Crippen LogP contribution in [0.4, 0.5) is 0 Å². The Morgan fingerprint density at radius 2 is 1.93 bits per heavy atom. The van der Waals surface area contributed by atoms with Gasteiger partial charge in [-0.05, 0) is 35.9 Å². The molecule has 0 aliphatic carbocycles. The van der Waals surface area contributed by atoms with Crippen LogP contribution in [-0.2, 0) is 19.6 Å². The molecular weight excluding hydrogens is 342 g/mol. The molecule has 0 saturated heterocycles. The third kappa shape index (κ3) is 3.02. The fraction of sp³-hybridized carbons (Fsp3) is 0.286. The molecular formula is C21H21N3O3. The van der Waals surface area contributed by atoms with Crippen LogP contribution in [0.1, 0.15) is 11.3 Å². The Morgan fingerprint density at radius 1 is 1.04 bits per heavy atom. The van der Waals surface area contributed by atoms with Crippen molar-refractivity contribution in [2.45, 2.75) is 19.6 Å². The summed E-state index contributed by atoms with van der Waals surface area (Å²) in [5, 5.41) is 4.79. The second kappa shape index (κ2) is 6.63. The molecule has 6 heteroatoms. The molecule has 0 radical (unpaired) electrons. The van der Waals surface area contributed by atoms with Gasteiger partial charge in [0.25, 0.3) is 0 Å². The first-order chi connectivity index (χ1) is 13.3. The van der Waals surface area contributed by atoms with Gasteiger partial charge in [-0.25, -0.2) is 0 Å². The van der Waals surface area contributed by atoms with Crippen molar-refractivity contribution in [3.05, 3.63) is 59.8 Å². The van der Waals surface area contributed by atoms with E-state index in [0.29, 0.717) is 6.79 Å². The molecule has 0 N–H and O–H groups in total. The Labute approximate surface area is 157 Å². The standard InChI is InChI=1S/C21H21N3O3/c1-25-19-5-3-2-4-17(19)18-11-16-13-23(8-9-24(16)22-18)12-15-6-7-20-21(10-15)27-14-26-20/h2-7,10-11H,8-9,12-14H2,1H3. The predicted molar refractivity (Wildman–Crippen MR) is 101 cm³/mol. The van der Waals surface area contributed by atoms with Gasteiger partial charge in [0.05, 0.1) is 25.0 Å². The summed E-state index contributed by atoms with van der Waals surface area (Å²) in [7, 11) is 1.70. The summed E-state index contributed by atoms with van der Waals surface area (Å²) in [6.07, 6.45) is 0. The van der Waals surface area contributed by atoms with Gasteiger partial charge in [-0.1, -0.05) is 18.2 Å². The van der Waals surface area contributed by atoms with Gasteiger partial charge in [-0.15, -0.1) is 0 Å². The molecule has 3 aromatic rings. The molecule has 2 aromatic carbocycles. The molecule has 2 aliphatic rings. The van der Waals surface area contributed by atoms with Crippen LogP contribution in [0.5, 0.6) is 17.2 Å². The molecule has 0 atom stereocenters. The molecule has 2 aliphatic heterocycles. The number of hydrogen-bond acceptors (Lipinski definition) is 5. The molecule has 27 heavy (non-hydrogen) atoms. The van der Waals surface area contributed by atoms with Crippen molar-refractivity contribution in [3.8, 4) is 28.5 Å². The predicted octanol–water partition coefficient (Wildman–Crippen LogP) is 3.30. The molecule has 0 amide bonds. The van der Waals surface area contributed by atoms with Crippen LogP contribution < -0.4 is 14.2 Å². The van der Waals surface area contributed by atoms with Crippen molar-refractivity contribution in [1.29, 1.82) is 0 Å². The number of nitrogens with zero attached hydrogens (tertiary/aromatic N) is 3. The first-order valence-electron chi connectivity index (χ1n) is 9.11. The first-order valence-corrected chi connectivity index (χ1v) is 9.11. The van der Waals surface area contributed by atoms with Gasteiger partial charge in [0.1, 0.15) is 5.75 Å². The van der Waals surface area contributed by atoms with E-state index in [1.165, 1.54) is 11.3 Å². The van der Waals surface area contributed by atoms with E-state index >= 15 is 0 Å². The van der Waals surface area contributed by atoms with Crippen LogP contribution >= 0.6 is 0 Å². The number of benzene rings is 2. The number of hydrogen-bond donors (Lipinski definition) is 0. The minimum Gasteiger partial charge on any atom is -0.496 e. The molecule has 138 valence electrons. The molecule has 5 rings (SSSR count). The summed E-state index contributed by atoms with van der Waals surface area (Å²) in [4.78, 5) is 2.43. The van der Waals surface area contributed by atoms with Gasteiger partial charge < -0.3 is 14.2 Å². The summed E-state index contributed by atoms with van der Waals surface area (Å²) < 4.78 is 18.5. The fourth-order valence-corrected chi connectivity index (χ4v) is 3.74. The average molecular weight is 363 g/mol. The average Bonchev–Trinajstić information content (AvgIpc) is 3.33. The Hall–Kier alpha value is -2.99. The van der Waals surface area contributed by atoms with Crippen LogP contribution in [0.25, 0.3) is 11.3 Å². The van der Waals surface area contributed by atoms with Gasteiger partial charge in [-0.3, -0.25) is 9.58 Å². The lowest BCUT2D eigenvalue weighted by Gasteiger charge is -2.27. The van der Waals surface area contributed by atoms with Crippen molar-refractivity contribution in [2.75, 3.05) is 20.4 Å². The van der Waals surface area contributed by atoms with E-state index in [0.717, 1.165) is 54.7 Å². The lowest BCUT2D eigenvalue weighted by Crippen LogP contribution is -2.33. The van der Waals surface area contributed by atoms with Gasteiger partial charge >= 0.3 is 0 Å². The highest BCUT2D eigenvalue weighted by Gasteiger charge is 2.21. The molecule has 0 spiro atoms. The maximum absolute atomic E-state index is 5.49. The van der Waals surface area contributed by atoms with E-state index in [1.807, 2.05) is 24.3 Å². The highest BCUT2D eigenvalue weighted by atomic mass is 16.7. The highest BCUT2D eigenvalue weighted by Crippen LogP contribution is 2.33. The number of methoxy groups -OCH3 is 1. The lowest BCUT2D eigenvalue weighted by molar-refractivity contribution is 0.173. The monoisotopic (exact) mass is 363 g/mol. The SMILES string of the molecule is COc1ccccc1-c1cc2n(n1)CCN(Cc1ccc3c(c1)OCO3)C2. The van der Waals surface area contributed by atoms with Crippen LogP contribution in [0, 0.1) is 0 Å². The molecule has 0 bridgehead atoms. The van der Waals surface area contributed by atoms with Crippen LogP contribution in [0.2, 0.25) is 0 Å². The molecule has 0 saturated carbocycles. The molecule has 0 fully saturated rings. The van der Waals surface area contributed by atoms with Crippen LogP contribution in [0.3, 0.4) is 0 Å². The second-order valence-electron chi connectivity index (χ2n) is 6.84. The molecule has 3 heterocycles. The van der Waals surface area contributed by atoms with E-state index < -0.39 is 0 Å². The highest BCUT2D eigenvalue weighted by molar-refractivity contribution is 5.67. The Bertz CT molecular complexity index is 983. The minimum absolute atomic E-state index is 0.313. The quantitative estimate of drug-likeness (QED) is 0.712. The van der Waals surface area contributed by atoms with E-state index in [4.69, 9.17) is 19.3 Å². The Morgan fingerprint density at radius 3 is 2.85 bits per heavy atom. The van der Waals surface area contributed by atoms with Gasteiger partial charge in [0.15, 0.2) is 11.5 Å². The Kier molecular flexibility index (Phi) is 3.98. The second-order valence-corrected chi connectivity index (χ2v) is 6.84. The zero-order valence-electron chi connectivity index (χ0n) is 15.2. The topological polar surface area (TPSA) is 48.8 Å². The summed E-state index contributed by atoms with van der Waals surface area (Å²) in [6, 6.07) is 16.4. The Balaban J connectivity index is 1.35. The third-order valence-corrected chi connectivity index (χ3v) is 5.10.